The highest BCUT2D eigenvalue weighted by Gasteiger charge is 2.31. The lowest BCUT2D eigenvalue weighted by Crippen LogP contribution is -2.26. The molecule has 3 nitrogen and oxygen atoms in total. The van der Waals surface area contributed by atoms with E-state index in [9.17, 15) is 4.79 Å². The highest BCUT2D eigenvalue weighted by atomic mass is 16.5. The number of aldehydes is 1. The Hall–Kier alpha value is -2.13. The fraction of sp³-hybridized carbons (Fsp3) is 0.350. The zero-order valence-electron chi connectivity index (χ0n) is 14.0. The van der Waals surface area contributed by atoms with E-state index in [2.05, 4.69) is 0 Å². The van der Waals surface area contributed by atoms with Gasteiger partial charge in [0.05, 0.1) is 11.5 Å². The first-order valence-electron chi connectivity index (χ1n) is 7.91. The van der Waals surface area contributed by atoms with E-state index in [4.69, 9.17) is 9.47 Å². The summed E-state index contributed by atoms with van der Waals surface area (Å²) in [4.78, 5) is 11.3. The van der Waals surface area contributed by atoms with E-state index in [1.807, 2.05) is 75.4 Å². The Kier molecular flexibility index (Phi) is 5.94. The first-order chi connectivity index (χ1) is 11.1. The Morgan fingerprint density at radius 3 is 2.26 bits per heavy atom. The summed E-state index contributed by atoms with van der Waals surface area (Å²) in [5.41, 5.74) is 1.55. The summed E-state index contributed by atoms with van der Waals surface area (Å²) in [5.74, 6) is 0.803. The van der Waals surface area contributed by atoms with Crippen molar-refractivity contribution in [2.75, 3.05) is 6.61 Å². The van der Waals surface area contributed by atoms with Gasteiger partial charge in [0.2, 0.25) is 0 Å². The van der Waals surface area contributed by atoms with Crippen LogP contribution in [0.2, 0.25) is 0 Å². The van der Waals surface area contributed by atoms with Crippen LogP contribution in [0.5, 0.6) is 5.75 Å². The van der Waals surface area contributed by atoms with Crippen molar-refractivity contribution in [3.8, 4) is 5.75 Å². The van der Waals surface area contributed by atoms with Crippen LogP contribution in [0.15, 0.2) is 54.6 Å². The van der Waals surface area contributed by atoms with Gasteiger partial charge >= 0.3 is 0 Å². The van der Waals surface area contributed by atoms with Crippen LogP contribution in [0.3, 0.4) is 0 Å². The zero-order chi connectivity index (χ0) is 16.7. The van der Waals surface area contributed by atoms with Gasteiger partial charge in [0.15, 0.2) is 0 Å². The topological polar surface area (TPSA) is 35.5 Å². The average molecular weight is 312 g/mol. The Morgan fingerprint density at radius 1 is 1.04 bits per heavy atom. The molecule has 0 aromatic heterocycles. The van der Waals surface area contributed by atoms with Crippen LogP contribution in [0, 0.1) is 5.41 Å². The molecule has 2 aromatic carbocycles. The quantitative estimate of drug-likeness (QED) is 0.670. The van der Waals surface area contributed by atoms with E-state index in [1.165, 1.54) is 0 Å². The second-order valence-electron chi connectivity index (χ2n) is 6.12. The molecule has 0 N–H and O–H groups in total. The summed E-state index contributed by atoms with van der Waals surface area (Å²) in [6.45, 7) is 6.81. The largest absolute Gasteiger partial charge is 0.489 e. The molecule has 2 rings (SSSR count). The molecular formula is C20H24O3. The molecule has 0 aliphatic heterocycles. The Morgan fingerprint density at radius 2 is 1.70 bits per heavy atom. The van der Waals surface area contributed by atoms with Crippen LogP contribution < -0.4 is 4.74 Å². The molecule has 0 spiro atoms. The molecule has 23 heavy (non-hydrogen) atoms. The van der Waals surface area contributed by atoms with Crippen LogP contribution in [0.4, 0.5) is 0 Å². The van der Waals surface area contributed by atoms with Crippen molar-refractivity contribution in [2.24, 2.45) is 5.41 Å². The molecule has 0 amide bonds. The van der Waals surface area contributed by atoms with Crippen LogP contribution in [0.25, 0.3) is 0 Å². The van der Waals surface area contributed by atoms with Crippen LogP contribution in [-0.2, 0) is 16.1 Å². The van der Waals surface area contributed by atoms with Gasteiger partial charge in [-0.2, -0.15) is 0 Å². The van der Waals surface area contributed by atoms with Crippen LogP contribution >= 0.6 is 0 Å². The second-order valence-corrected chi connectivity index (χ2v) is 6.12. The standard InChI is InChI=1S/C20H24O3/c1-4-22-19(20(2,3)15-21)17-10-12-18(13-11-17)23-14-16-8-6-5-7-9-16/h5-13,15,19H,4,14H2,1-3H3. The molecule has 0 heterocycles. The molecule has 0 radical (unpaired) electrons. The van der Waals surface area contributed by atoms with Crippen LogP contribution in [-0.4, -0.2) is 12.9 Å². The van der Waals surface area contributed by atoms with E-state index in [0.29, 0.717) is 13.2 Å². The summed E-state index contributed by atoms with van der Waals surface area (Å²) in [5, 5.41) is 0. The van der Waals surface area contributed by atoms with Crippen molar-refractivity contribution in [3.63, 3.8) is 0 Å². The Bertz CT molecular complexity index is 603. The maximum atomic E-state index is 11.3. The summed E-state index contributed by atoms with van der Waals surface area (Å²) in [6.07, 6.45) is 0.695. The minimum absolute atomic E-state index is 0.256. The van der Waals surface area contributed by atoms with Gasteiger partial charge in [-0.1, -0.05) is 56.3 Å². The first-order valence-corrected chi connectivity index (χ1v) is 7.91. The molecule has 122 valence electrons. The third kappa shape index (κ3) is 4.67. The monoisotopic (exact) mass is 312 g/mol. The predicted octanol–water partition coefficient (Wildman–Crippen LogP) is 4.57. The minimum atomic E-state index is -0.567. The third-order valence-electron chi connectivity index (χ3n) is 3.74. The lowest BCUT2D eigenvalue weighted by Gasteiger charge is -2.29. The SMILES string of the molecule is CCOC(c1ccc(OCc2ccccc2)cc1)C(C)(C)C=O. The molecule has 0 saturated carbocycles. The fourth-order valence-corrected chi connectivity index (χ4v) is 2.45. The van der Waals surface area contributed by atoms with Crippen molar-refractivity contribution >= 4 is 6.29 Å². The molecule has 1 unspecified atom stereocenters. The van der Waals surface area contributed by atoms with Gasteiger partial charge in [0.1, 0.15) is 18.6 Å². The highest BCUT2D eigenvalue weighted by molar-refractivity contribution is 5.60. The van der Waals surface area contributed by atoms with Gasteiger partial charge in [0, 0.05) is 6.61 Å². The second kappa shape index (κ2) is 7.93. The molecule has 0 aliphatic carbocycles. The molecule has 1 atom stereocenters. The number of rotatable bonds is 8. The van der Waals surface area contributed by atoms with Crippen molar-refractivity contribution in [1.29, 1.82) is 0 Å². The number of benzene rings is 2. The van der Waals surface area contributed by atoms with E-state index >= 15 is 0 Å². The molecule has 0 saturated heterocycles. The van der Waals surface area contributed by atoms with E-state index < -0.39 is 5.41 Å². The van der Waals surface area contributed by atoms with Gasteiger partial charge in [-0.25, -0.2) is 0 Å². The molecule has 3 heteroatoms. The summed E-state index contributed by atoms with van der Waals surface area (Å²) in [6, 6.07) is 17.8. The average Bonchev–Trinajstić information content (AvgIpc) is 2.59. The Balaban J connectivity index is 2.06. The van der Waals surface area contributed by atoms with Crippen LogP contribution in [0.1, 0.15) is 38.0 Å². The molecule has 0 aliphatic rings. The summed E-state index contributed by atoms with van der Waals surface area (Å²) >= 11 is 0. The Labute approximate surface area is 138 Å². The van der Waals surface area contributed by atoms with E-state index in [1.54, 1.807) is 0 Å². The minimum Gasteiger partial charge on any atom is -0.489 e. The number of carbonyl (C=O) groups excluding carboxylic acids is 1. The smallest absolute Gasteiger partial charge is 0.128 e. The fourth-order valence-electron chi connectivity index (χ4n) is 2.45. The predicted molar refractivity (Wildman–Crippen MR) is 91.4 cm³/mol. The molecule has 2 aromatic rings. The maximum Gasteiger partial charge on any atom is 0.128 e. The van der Waals surface area contributed by atoms with Gasteiger partial charge in [0.25, 0.3) is 0 Å². The first kappa shape index (κ1) is 17.2. The van der Waals surface area contributed by atoms with Gasteiger partial charge in [-0.15, -0.1) is 0 Å². The number of hydrogen-bond donors (Lipinski definition) is 0. The van der Waals surface area contributed by atoms with Crippen molar-refractivity contribution < 1.29 is 14.3 Å². The molecule has 0 fully saturated rings. The maximum absolute atomic E-state index is 11.3. The van der Waals surface area contributed by atoms with Crippen molar-refractivity contribution in [2.45, 2.75) is 33.5 Å². The van der Waals surface area contributed by atoms with E-state index in [0.717, 1.165) is 23.2 Å². The van der Waals surface area contributed by atoms with Gasteiger partial charge in [-0.05, 0) is 30.2 Å². The third-order valence-corrected chi connectivity index (χ3v) is 3.74. The van der Waals surface area contributed by atoms with Gasteiger partial charge in [-0.3, -0.25) is 0 Å². The zero-order valence-corrected chi connectivity index (χ0v) is 14.0. The lowest BCUT2D eigenvalue weighted by molar-refractivity contribution is -0.123. The molecular weight excluding hydrogens is 288 g/mol. The van der Waals surface area contributed by atoms with E-state index in [-0.39, 0.29) is 6.10 Å². The number of hydrogen-bond acceptors (Lipinski definition) is 3. The molecule has 0 bridgehead atoms. The number of carbonyl (C=O) groups is 1. The number of ether oxygens (including phenoxy) is 2. The normalized spacial score (nSPS) is 12.7. The lowest BCUT2D eigenvalue weighted by atomic mass is 9.84. The van der Waals surface area contributed by atoms with Crippen molar-refractivity contribution in [1.82, 2.24) is 0 Å². The highest BCUT2D eigenvalue weighted by Crippen LogP contribution is 2.35. The van der Waals surface area contributed by atoms with Gasteiger partial charge < -0.3 is 14.3 Å². The van der Waals surface area contributed by atoms with Crippen molar-refractivity contribution in [3.05, 3.63) is 65.7 Å². The summed E-state index contributed by atoms with van der Waals surface area (Å²) in [7, 11) is 0. The summed E-state index contributed by atoms with van der Waals surface area (Å²) < 4.78 is 11.6.